The van der Waals surface area contributed by atoms with E-state index < -0.39 is 0 Å². The first-order valence-corrected chi connectivity index (χ1v) is 10.9. The zero-order valence-electron chi connectivity index (χ0n) is 18.8. The number of amides is 1. The highest BCUT2D eigenvalue weighted by molar-refractivity contribution is 6.03. The molecule has 1 heterocycles. The molecule has 1 amide bonds. The number of rotatable bonds is 4. The summed E-state index contributed by atoms with van der Waals surface area (Å²) >= 11 is 0. The number of nitrogens with one attached hydrogen (secondary N) is 1. The maximum Gasteiger partial charge on any atom is 0.295 e. The fraction of sp³-hybridized carbons (Fsp3) is 0.107. The lowest BCUT2D eigenvalue weighted by atomic mass is 10.1. The lowest BCUT2D eigenvalue weighted by molar-refractivity contribution is 0.101. The SMILES string of the molecule is Cc1cccc(-c2nc(C(=O)Nc3ccc4ccccc4c3)nn2-c2cccc(C)c2C)c1. The van der Waals surface area contributed by atoms with Crippen LogP contribution in [0.25, 0.3) is 27.8 Å². The van der Waals surface area contributed by atoms with Crippen molar-refractivity contribution in [2.45, 2.75) is 20.8 Å². The second kappa shape index (κ2) is 8.36. The van der Waals surface area contributed by atoms with Crippen LogP contribution in [0.5, 0.6) is 0 Å². The van der Waals surface area contributed by atoms with Crippen LogP contribution in [0.3, 0.4) is 0 Å². The molecule has 0 radical (unpaired) electrons. The number of fused-ring (bicyclic) bond motifs is 1. The van der Waals surface area contributed by atoms with Gasteiger partial charge < -0.3 is 5.32 Å². The lowest BCUT2D eigenvalue weighted by Crippen LogP contribution is -2.14. The first-order valence-electron chi connectivity index (χ1n) is 10.9. The Morgan fingerprint density at radius 3 is 2.42 bits per heavy atom. The summed E-state index contributed by atoms with van der Waals surface area (Å²) in [6.07, 6.45) is 0. The van der Waals surface area contributed by atoms with Gasteiger partial charge in [0.05, 0.1) is 5.69 Å². The highest BCUT2D eigenvalue weighted by atomic mass is 16.2. The van der Waals surface area contributed by atoms with Crippen LogP contribution >= 0.6 is 0 Å². The largest absolute Gasteiger partial charge is 0.319 e. The normalized spacial score (nSPS) is 11.0. The number of carbonyl (C=O) groups excluding carboxylic acids is 1. The summed E-state index contributed by atoms with van der Waals surface area (Å²) in [4.78, 5) is 17.8. The Labute approximate surface area is 192 Å². The standard InChI is InChI=1S/C28H24N4O/c1-18-8-6-12-23(16-18)27-30-26(31-32(27)25-13-7-9-19(2)20(25)3)28(33)29-24-15-14-21-10-4-5-11-22(21)17-24/h4-17H,1-3H3,(H,29,33). The van der Waals surface area contributed by atoms with Crippen molar-refractivity contribution in [3.63, 3.8) is 0 Å². The number of hydrogen-bond donors (Lipinski definition) is 1. The molecule has 5 heteroatoms. The number of anilines is 1. The summed E-state index contributed by atoms with van der Waals surface area (Å²) in [5, 5.41) is 9.77. The summed E-state index contributed by atoms with van der Waals surface area (Å²) in [6.45, 7) is 6.16. The summed E-state index contributed by atoms with van der Waals surface area (Å²) in [5.74, 6) is 0.417. The Morgan fingerprint density at radius 1 is 0.818 bits per heavy atom. The van der Waals surface area contributed by atoms with Crippen molar-refractivity contribution in [1.82, 2.24) is 14.8 Å². The van der Waals surface area contributed by atoms with Crippen LogP contribution in [-0.2, 0) is 0 Å². The minimum Gasteiger partial charge on any atom is -0.319 e. The number of hydrogen-bond acceptors (Lipinski definition) is 3. The summed E-state index contributed by atoms with van der Waals surface area (Å²) in [5.41, 5.74) is 5.89. The predicted molar refractivity (Wildman–Crippen MR) is 133 cm³/mol. The molecule has 33 heavy (non-hydrogen) atoms. The van der Waals surface area contributed by atoms with Gasteiger partial charge in [-0.15, -0.1) is 5.10 Å². The molecule has 5 rings (SSSR count). The fourth-order valence-electron chi connectivity index (χ4n) is 3.97. The molecular weight excluding hydrogens is 408 g/mol. The molecule has 0 atom stereocenters. The van der Waals surface area contributed by atoms with Crippen LogP contribution in [0.1, 0.15) is 27.3 Å². The average molecular weight is 433 g/mol. The van der Waals surface area contributed by atoms with Gasteiger partial charge in [-0.3, -0.25) is 4.79 Å². The number of aromatic nitrogens is 3. The monoisotopic (exact) mass is 432 g/mol. The molecule has 1 aromatic heterocycles. The highest BCUT2D eigenvalue weighted by Gasteiger charge is 2.20. The fourth-order valence-corrected chi connectivity index (χ4v) is 3.97. The van der Waals surface area contributed by atoms with Crippen molar-refractivity contribution in [1.29, 1.82) is 0 Å². The van der Waals surface area contributed by atoms with Gasteiger partial charge in [0.2, 0.25) is 5.82 Å². The van der Waals surface area contributed by atoms with Crippen LogP contribution in [-0.4, -0.2) is 20.7 Å². The molecule has 0 aliphatic carbocycles. The highest BCUT2D eigenvalue weighted by Crippen LogP contribution is 2.26. The van der Waals surface area contributed by atoms with Crippen LogP contribution in [0.4, 0.5) is 5.69 Å². The summed E-state index contributed by atoms with van der Waals surface area (Å²) < 4.78 is 1.77. The van der Waals surface area contributed by atoms with Crippen molar-refractivity contribution in [3.05, 3.63) is 107 Å². The number of aryl methyl sites for hydroxylation is 2. The Kier molecular flexibility index (Phi) is 5.23. The third kappa shape index (κ3) is 4.01. The Morgan fingerprint density at radius 2 is 1.61 bits per heavy atom. The van der Waals surface area contributed by atoms with Gasteiger partial charge in [0.1, 0.15) is 0 Å². The number of nitrogens with zero attached hydrogens (tertiary/aromatic N) is 3. The molecular formula is C28H24N4O. The molecule has 0 aliphatic heterocycles. The second-order valence-corrected chi connectivity index (χ2v) is 8.28. The average Bonchev–Trinajstić information content (AvgIpc) is 3.26. The van der Waals surface area contributed by atoms with E-state index in [-0.39, 0.29) is 11.7 Å². The van der Waals surface area contributed by atoms with E-state index in [0.717, 1.165) is 38.7 Å². The Balaban J connectivity index is 1.57. The van der Waals surface area contributed by atoms with Crippen LogP contribution < -0.4 is 5.32 Å². The molecule has 0 saturated carbocycles. The van der Waals surface area contributed by atoms with E-state index >= 15 is 0 Å². The Bertz CT molecular complexity index is 1500. The summed E-state index contributed by atoms with van der Waals surface area (Å²) in [6, 6.07) is 28.0. The van der Waals surface area contributed by atoms with Crippen LogP contribution in [0.2, 0.25) is 0 Å². The van der Waals surface area contributed by atoms with Gasteiger partial charge in [-0.2, -0.15) is 0 Å². The number of benzene rings is 4. The van der Waals surface area contributed by atoms with Gasteiger partial charge in [-0.05, 0) is 66.9 Å². The van der Waals surface area contributed by atoms with Crippen molar-refractivity contribution in [2.24, 2.45) is 0 Å². The number of carbonyl (C=O) groups is 1. The third-order valence-electron chi connectivity index (χ3n) is 5.90. The molecule has 5 aromatic rings. The molecule has 0 spiro atoms. The molecule has 0 saturated heterocycles. The molecule has 5 nitrogen and oxygen atoms in total. The van der Waals surface area contributed by atoms with E-state index in [1.54, 1.807) is 4.68 Å². The first-order chi connectivity index (χ1) is 16.0. The summed E-state index contributed by atoms with van der Waals surface area (Å²) in [7, 11) is 0. The maximum atomic E-state index is 13.1. The molecule has 0 bridgehead atoms. The van der Waals surface area contributed by atoms with E-state index in [1.807, 2.05) is 79.7 Å². The topological polar surface area (TPSA) is 59.8 Å². The van der Waals surface area contributed by atoms with Gasteiger partial charge in [-0.25, -0.2) is 9.67 Å². The van der Waals surface area contributed by atoms with Gasteiger partial charge in [0.25, 0.3) is 5.91 Å². The van der Waals surface area contributed by atoms with Gasteiger partial charge in [0.15, 0.2) is 5.82 Å². The smallest absolute Gasteiger partial charge is 0.295 e. The lowest BCUT2D eigenvalue weighted by Gasteiger charge is -2.11. The predicted octanol–water partition coefficient (Wildman–Crippen LogP) is 6.27. The molecule has 0 unspecified atom stereocenters. The molecule has 4 aromatic carbocycles. The Hall–Kier alpha value is -4.25. The first kappa shape index (κ1) is 20.6. The van der Waals surface area contributed by atoms with Crippen molar-refractivity contribution >= 4 is 22.4 Å². The minimum atomic E-state index is -0.344. The van der Waals surface area contributed by atoms with E-state index in [1.165, 1.54) is 0 Å². The zero-order valence-corrected chi connectivity index (χ0v) is 18.8. The molecule has 0 fully saturated rings. The van der Waals surface area contributed by atoms with E-state index in [0.29, 0.717) is 11.5 Å². The van der Waals surface area contributed by atoms with Crippen molar-refractivity contribution < 1.29 is 4.79 Å². The van der Waals surface area contributed by atoms with Crippen LogP contribution in [0.15, 0.2) is 84.9 Å². The van der Waals surface area contributed by atoms with Gasteiger partial charge in [-0.1, -0.05) is 66.2 Å². The van der Waals surface area contributed by atoms with Crippen molar-refractivity contribution in [2.75, 3.05) is 5.32 Å². The van der Waals surface area contributed by atoms with Gasteiger partial charge in [0, 0.05) is 11.3 Å². The minimum absolute atomic E-state index is 0.126. The third-order valence-corrected chi connectivity index (χ3v) is 5.90. The zero-order chi connectivity index (χ0) is 22.9. The maximum absolute atomic E-state index is 13.1. The molecule has 1 N–H and O–H groups in total. The van der Waals surface area contributed by atoms with Crippen LogP contribution in [0, 0.1) is 20.8 Å². The molecule has 0 aliphatic rings. The van der Waals surface area contributed by atoms with E-state index in [4.69, 9.17) is 0 Å². The quantitative estimate of drug-likeness (QED) is 0.364. The molecule has 162 valence electrons. The van der Waals surface area contributed by atoms with Crippen molar-refractivity contribution in [3.8, 4) is 17.1 Å². The second-order valence-electron chi connectivity index (χ2n) is 8.28. The van der Waals surface area contributed by atoms with Gasteiger partial charge >= 0.3 is 0 Å². The van der Waals surface area contributed by atoms with E-state index in [9.17, 15) is 4.79 Å². The van der Waals surface area contributed by atoms with E-state index in [2.05, 4.69) is 41.4 Å².